The van der Waals surface area contributed by atoms with E-state index in [1.807, 2.05) is 0 Å². The summed E-state index contributed by atoms with van der Waals surface area (Å²) in [5.41, 5.74) is 0. The molecule has 0 aromatic carbocycles. The molecule has 0 nitrogen and oxygen atoms in total. The quantitative estimate of drug-likeness (QED) is 0.0994. The van der Waals surface area contributed by atoms with Crippen LogP contribution in [-0.4, -0.2) is 12.3 Å². The van der Waals surface area contributed by atoms with Crippen molar-refractivity contribution in [3.8, 4) is 0 Å². The van der Waals surface area contributed by atoms with E-state index in [4.69, 9.17) is 0 Å². The third-order valence-electron chi connectivity index (χ3n) is 6.16. The molecule has 0 aromatic heterocycles. The molecule has 0 N–H and O–H groups in total. The second kappa shape index (κ2) is 27.9. The Kier molecular flexibility index (Phi) is 28.7. The molecule has 0 bridgehead atoms. The fourth-order valence-electron chi connectivity index (χ4n) is 4.13. The third kappa shape index (κ3) is 26.9. The van der Waals surface area contributed by atoms with Gasteiger partial charge in [-0.25, -0.2) is 0 Å². The van der Waals surface area contributed by atoms with Crippen molar-refractivity contribution >= 4 is 16.5 Å². The van der Waals surface area contributed by atoms with Gasteiger partial charge in [-0.3, -0.25) is 0 Å². The average molecular weight is 433 g/mol. The summed E-state index contributed by atoms with van der Waals surface area (Å²) >= 11 is 0. The number of rotatable bonds is 25. The van der Waals surface area contributed by atoms with Gasteiger partial charge >= 0.3 is 164 Å². The van der Waals surface area contributed by atoms with Crippen LogP contribution >= 0.6 is 16.5 Å². The Balaban J connectivity index is 2.96. The van der Waals surface area contributed by atoms with E-state index in [9.17, 15) is 0 Å². The Bertz CT molecular complexity index is 229. The van der Waals surface area contributed by atoms with E-state index in [1.54, 1.807) is 25.2 Å². The molecule has 0 aliphatic heterocycles. The van der Waals surface area contributed by atoms with Crippen molar-refractivity contribution in [3.63, 3.8) is 0 Å². The Hall–Kier alpha value is 0.860. The van der Waals surface area contributed by atoms with Crippen LogP contribution in [0.1, 0.15) is 155 Å². The van der Waals surface area contributed by atoms with E-state index in [-0.39, 0.29) is 0 Å². The fraction of sp³-hybridized carbons (Fsp3) is 1.00. The summed E-state index contributed by atoms with van der Waals surface area (Å²) in [5, 5.41) is 0. The van der Waals surface area contributed by atoms with Gasteiger partial charge in [0, 0.05) is 0 Å². The molecule has 1 atom stereocenters. The molecular formula is C26H58P2. The maximum atomic E-state index is 2.31. The molecule has 0 amide bonds. The monoisotopic (exact) mass is 432 g/mol. The van der Waals surface area contributed by atoms with Gasteiger partial charge in [0.05, 0.1) is 0 Å². The summed E-state index contributed by atoms with van der Waals surface area (Å²) in [5.74, 6) is 0. The van der Waals surface area contributed by atoms with Crippen LogP contribution in [0.25, 0.3) is 0 Å². The van der Waals surface area contributed by atoms with E-state index in [0.717, 1.165) is 0 Å². The van der Waals surface area contributed by atoms with E-state index in [0.29, 0.717) is 8.27 Å². The van der Waals surface area contributed by atoms with Gasteiger partial charge in [0.2, 0.25) is 0 Å². The van der Waals surface area contributed by atoms with Crippen molar-refractivity contribution in [2.24, 2.45) is 0 Å². The van der Waals surface area contributed by atoms with Gasteiger partial charge in [-0.05, 0) is 0 Å². The minimum Gasteiger partial charge on any atom is -0.0654 e. The van der Waals surface area contributed by atoms with Crippen molar-refractivity contribution < 1.29 is 0 Å². The minimum absolute atomic E-state index is 0.325. The van der Waals surface area contributed by atoms with E-state index < -0.39 is 0 Å². The summed E-state index contributed by atoms with van der Waals surface area (Å²) in [6.45, 7) is 4.61. The zero-order chi connectivity index (χ0) is 20.4. The maximum absolute atomic E-state index is 2.31. The van der Waals surface area contributed by atoms with Crippen LogP contribution < -0.4 is 0 Å². The molecular weight excluding hydrogens is 374 g/mol. The van der Waals surface area contributed by atoms with Crippen molar-refractivity contribution in [1.82, 2.24) is 0 Å². The van der Waals surface area contributed by atoms with Crippen LogP contribution in [0, 0.1) is 0 Å². The first-order chi connectivity index (χ1) is 13.9. The zero-order valence-corrected chi connectivity index (χ0v) is 22.6. The molecule has 0 radical (unpaired) electrons. The van der Waals surface area contributed by atoms with Crippen molar-refractivity contribution in [2.45, 2.75) is 155 Å². The Morgan fingerprint density at radius 2 is 0.714 bits per heavy atom. The van der Waals surface area contributed by atoms with E-state index in [1.165, 1.54) is 137 Å². The molecule has 0 rings (SSSR count). The molecule has 0 spiro atoms. The van der Waals surface area contributed by atoms with Crippen molar-refractivity contribution in [2.75, 3.05) is 12.3 Å². The zero-order valence-electron chi connectivity index (χ0n) is 20.2. The molecule has 0 aromatic rings. The minimum atomic E-state index is 0.325. The molecule has 28 heavy (non-hydrogen) atoms. The Morgan fingerprint density at radius 3 is 1.11 bits per heavy atom. The summed E-state index contributed by atoms with van der Waals surface area (Å²) in [6.07, 6.45) is 36.0. The molecule has 0 aliphatic carbocycles. The first kappa shape index (κ1) is 28.9. The van der Waals surface area contributed by atoms with Gasteiger partial charge in [-0.15, -0.1) is 0 Å². The molecule has 2 heteroatoms. The molecule has 1 unspecified atom stereocenters. The predicted molar refractivity (Wildman–Crippen MR) is 142 cm³/mol. The van der Waals surface area contributed by atoms with Crippen LogP contribution in [0.5, 0.6) is 0 Å². The molecule has 0 heterocycles. The second-order valence-corrected chi connectivity index (χ2v) is 14.4. The summed E-state index contributed by atoms with van der Waals surface area (Å²) in [6, 6.07) is 0. The van der Waals surface area contributed by atoms with Gasteiger partial charge in [-0.1, -0.05) is 20.3 Å². The normalized spacial score (nSPS) is 11.9. The molecule has 0 saturated carbocycles. The van der Waals surface area contributed by atoms with Crippen molar-refractivity contribution in [3.05, 3.63) is 0 Å². The SMILES string of the molecule is CCCCCCCCCCCCCP[PH3]CCCCCCCCCCCCC. The molecule has 0 aliphatic rings. The summed E-state index contributed by atoms with van der Waals surface area (Å²) in [7, 11) is 1.72. The summed E-state index contributed by atoms with van der Waals surface area (Å²) < 4.78 is 0. The number of unbranched alkanes of at least 4 members (excludes halogenated alkanes) is 20. The third-order valence-corrected chi connectivity index (χ3v) is 11.3. The molecule has 0 fully saturated rings. The van der Waals surface area contributed by atoms with E-state index in [2.05, 4.69) is 13.8 Å². The van der Waals surface area contributed by atoms with Crippen LogP contribution in [0.2, 0.25) is 0 Å². The Morgan fingerprint density at radius 1 is 0.393 bits per heavy atom. The standard InChI is InChI=1S/C26H58P2/c1-3-5-7-9-11-13-15-17-19-21-23-25-27-28-26-24-22-20-18-16-14-12-10-8-6-4-2/h27H,3-26H2,1-2,28H3. The fourth-order valence-corrected chi connectivity index (χ4v) is 8.73. The van der Waals surface area contributed by atoms with Crippen LogP contribution in [0.4, 0.5) is 0 Å². The first-order valence-corrected chi connectivity index (χ1v) is 18.2. The van der Waals surface area contributed by atoms with Crippen LogP contribution in [-0.2, 0) is 0 Å². The first-order valence-electron chi connectivity index (χ1n) is 13.6. The van der Waals surface area contributed by atoms with Gasteiger partial charge in [0.25, 0.3) is 0 Å². The topological polar surface area (TPSA) is 0 Å². The average Bonchev–Trinajstić information content (AvgIpc) is 2.71. The van der Waals surface area contributed by atoms with Gasteiger partial charge < -0.3 is 0 Å². The van der Waals surface area contributed by atoms with Crippen molar-refractivity contribution in [1.29, 1.82) is 0 Å². The predicted octanol–water partition coefficient (Wildman–Crippen LogP) is 10.3. The van der Waals surface area contributed by atoms with Gasteiger partial charge in [-0.2, -0.15) is 0 Å². The number of hydrogen-bond donors (Lipinski definition) is 0. The summed E-state index contributed by atoms with van der Waals surface area (Å²) in [4.78, 5) is 0. The van der Waals surface area contributed by atoms with Crippen LogP contribution in [0.15, 0.2) is 0 Å². The van der Waals surface area contributed by atoms with E-state index >= 15 is 0 Å². The van der Waals surface area contributed by atoms with Gasteiger partial charge in [0.15, 0.2) is 0 Å². The number of hydrogen-bond acceptors (Lipinski definition) is 0. The molecule has 0 saturated heterocycles. The Labute approximate surface area is 184 Å². The van der Waals surface area contributed by atoms with Crippen LogP contribution in [0.3, 0.4) is 0 Å². The smallest absolute Gasteiger partial charge is 0.0654 e. The van der Waals surface area contributed by atoms with Gasteiger partial charge in [0.1, 0.15) is 0 Å². The second-order valence-electron chi connectivity index (χ2n) is 9.17. The molecule has 172 valence electrons.